The van der Waals surface area contributed by atoms with Gasteiger partial charge in [0.05, 0.1) is 6.10 Å². The highest BCUT2D eigenvalue weighted by molar-refractivity contribution is 4.90. The van der Waals surface area contributed by atoms with Gasteiger partial charge in [-0.15, -0.1) is 0 Å². The van der Waals surface area contributed by atoms with Gasteiger partial charge in [0.15, 0.2) is 0 Å². The topological polar surface area (TPSA) is 24.5 Å². The average Bonchev–Trinajstić information content (AvgIpc) is 3.11. The van der Waals surface area contributed by atoms with Gasteiger partial charge < -0.3 is 15.0 Å². The van der Waals surface area contributed by atoms with Gasteiger partial charge in [-0.25, -0.2) is 0 Å². The van der Waals surface area contributed by atoms with Gasteiger partial charge in [-0.2, -0.15) is 0 Å². The molecule has 0 aromatic carbocycles. The summed E-state index contributed by atoms with van der Waals surface area (Å²) in [6, 6.07) is 0. The summed E-state index contributed by atoms with van der Waals surface area (Å²) < 4.78 is 5.82. The number of hydrogen-bond donors (Lipinski definition) is 1. The highest BCUT2D eigenvalue weighted by atomic mass is 16.5. The van der Waals surface area contributed by atoms with E-state index in [1.54, 1.807) is 0 Å². The van der Waals surface area contributed by atoms with Crippen LogP contribution in [0.1, 0.15) is 58.8 Å². The average molecular weight is 282 g/mol. The van der Waals surface area contributed by atoms with Crippen LogP contribution in [-0.2, 0) is 4.74 Å². The van der Waals surface area contributed by atoms with Crippen molar-refractivity contribution in [1.29, 1.82) is 0 Å². The van der Waals surface area contributed by atoms with Gasteiger partial charge in [-0.1, -0.05) is 26.7 Å². The van der Waals surface area contributed by atoms with Crippen molar-refractivity contribution in [2.45, 2.75) is 64.9 Å². The molecule has 2 fully saturated rings. The van der Waals surface area contributed by atoms with E-state index in [4.69, 9.17) is 4.74 Å². The summed E-state index contributed by atoms with van der Waals surface area (Å²) in [7, 11) is 0. The monoisotopic (exact) mass is 282 g/mol. The number of nitrogens with one attached hydrogen (secondary N) is 1. The second kappa shape index (κ2) is 8.35. The molecule has 0 radical (unpaired) electrons. The van der Waals surface area contributed by atoms with E-state index < -0.39 is 0 Å². The van der Waals surface area contributed by atoms with E-state index in [0.29, 0.717) is 11.5 Å². The minimum absolute atomic E-state index is 0.497. The van der Waals surface area contributed by atoms with Crippen molar-refractivity contribution in [3.63, 3.8) is 0 Å². The van der Waals surface area contributed by atoms with E-state index in [0.717, 1.165) is 19.7 Å². The predicted molar refractivity (Wildman–Crippen MR) is 85.1 cm³/mol. The van der Waals surface area contributed by atoms with E-state index in [2.05, 4.69) is 24.1 Å². The third kappa shape index (κ3) is 4.71. The zero-order chi connectivity index (χ0) is 14.3. The van der Waals surface area contributed by atoms with Crippen LogP contribution in [0.5, 0.6) is 0 Å². The minimum atomic E-state index is 0.497. The van der Waals surface area contributed by atoms with E-state index in [1.807, 2.05) is 0 Å². The Morgan fingerprint density at radius 3 is 2.60 bits per heavy atom. The molecule has 0 spiro atoms. The van der Waals surface area contributed by atoms with Gasteiger partial charge in [-0.3, -0.25) is 0 Å². The van der Waals surface area contributed by atoms with Gasteiger partial charge in [0, 0.05) is 26.2 Å². The summed E-state index contributed by atoms with van der Waals surface area (Å²) in [5.74, 6) is 0. The van der Waals surface area contributed by atoms with E-state index in [1.165, 1.54) is 64.6 Å². The van der Waals surface area contributed by atoms with E-state index in [9.17, 15) is 0 Å². The molecule has 1 heterocycles. The van der Waals surface area contributed by atoms with Crippen molar-refractivity contribution in [3.05, 3.63) is 0 Å². The fraction of sp³-hybridized carbons (Fsp3) is 1.00. The maximum Gasteiger partial charge on any atom is 0.0702 e. The first-order chi connectivity index (χ1) is 9.78. The molecule has 0 amide bonds. The first-order valence-electron chi connectivity index (χ1n) is 8.83. The Morgan fingerprint density at radius 2 is 2.00 bits per heavy atom. The SMILES string of the molecule is CCCNCC1(CN(CC)CC2CCCO2)CCCC1. The zero-order valence-corrected chi connectivity index (χ0v) is 13.6. The Labute approximate surface area is 125 Å². The Hall–Kier alpha value is -0.120. The van der Waals surface area contributed by atoms with Gasteiger partial charge in [0.2, 0.25) is 0 Å². The van der Waals surface area contributed by atoms with Crippen LogP contribution in [0.4, 0.5) is 0 Å². The number of likely N-dealkylation sites (N-methyl/N-ethyl adjacent to an activating group) is 1. The molecule has 1 saturated heterocycles. The molecular weight excluding hydrogens is 248 g/mol. The largest absolute Gasteiger partial charge is 0.377 e. The highest BCUT2D eigenvalue weighted by Gasteiger charge is 2.35. The Bertz CT molecular complexity index is 258. The second-order valence-corrected chi connectivity index (χ2v) is 6.85. The van der Waals surface area contributed by atoms with E-state index in [-0.39, 0.29) is 0 Å². The molecule has 1 N–H and O–H groups in total. The Kier molecular flexibility index (Phi) is 6.79. The third-order valence-electron chi connectivity index (χ3n) is 5.08. The minimum Gasteiger partial charge on any atom is -0.377 e. The van der Waals surface area contributed by atoms with Crippen LogP contribution in [0.15, 0.2) is 0 Å². The molecule has 0 aromatic rings. The first kappa shape index (κ1) is 16.3. The number of rotatable bonds is 9. The number of hydrogen-bond acceptors (Lipinski definition) is 3. The molecule has 1 atom stereocenters. The lowest BCUT2D eigenvalue weighted by Crippen LogP contribution is -2.45. The van der Waals surface area contributed by atoms with Crippen LogP contribution in [0.3, 0.4) is 0 Å². The summed E-state index contributed by atoms with van der Waals surface area (Å²) in [5.41, 5.74) is 0.532. The lowest BCUT2D eigenvalue weighted by Gasteiger charge is -2.36. The smallest absolute Gasteiger partial charge is 0.0702 e. The summed E-state index contributed by atoms with van der Waals surface area (Å²) in [6.07, 6.45) is 9.91. The molecule has 3 heteroatoms. The fourth-order valence-electron chi connectivity index (χ4n) is 3.90. The van der Waals surface area contributed by atoms with Crippen LogP contribution in [0, 0.1) is 5.41 Å². The van der Waals surface area contributed by atoms with Crippen LogP contribution in [0.25, 0.3) is 0 Å². The fourth-order valence-corrected chi connectivity index (χ4v) is 3.90. The molecule has 1 aliphatic heterocycles. The van der Waals surface area contributed by atoms with Crippen molar-refractivity contribution in [3.8, 4) is 0 Å². The van der Waals surface area contributed by atoms with Gasteiger partial charge in [-0.05, 0) is 50.6 Å². The molecule has 118 valence electrons. The van der Waals surface area contributed by atoms with Crippen molar-refractivity contribution in [1.82, 2.24) is 10.2 Å². The molecule has 2 rings (SSSR count). The van der Waals surface area contributed by atoms with Crippen LogP contribution >= 0.6 is 0 Å². The first-order valence-corrected chi connectivity index (χ1v) is 8.83. The van der Waals surface area contributed by atoms with Gasteiger partial charge in [0.25, 0.3) is 0 Å². The quantitative estimate of drug-likeness (QED) is 0.658. The zero-order valence-electron chi connectivity index (χ0n) is 13.6. The lowest BCUT2D eigenvalue weighted by atomic mass is 9.85. The van der Waals surface area contributed by atoms with Crippen LogP contribution < -0.4 is 5.32 Å². The van der Waals surface area contributed by atoms with Crippen molar-refractivity contribution >= 4 is 0 Å². The normalized spacial score (nSPS) is 25.6. The molecule has 2 aliphatic rings. The predicted octanol–water partition coefficient (Wildman–Crippen LogP) is 3.05. The number of ether oxygens (including phenoxy) is 1. The molecule has 3 nitrogen and oxygen atoms in total. The molecule has 20 heavy (non-hydrogen) atoms. The van der Waals surface area contributed by atoms with Crippen molar-refractivity contribution < 1.29 is 4.74 Å². The lowest BCUT2D eigenvalue weighted by molar-refractivity contribution is 0.0562. The van der Waals surface area contributed by atoms with Crippen molar-refractivity contribution in [2.24, 2.45) is 5.41 Å². The van der Waals surface area contributed by atoms with E-state index >= 15 is 0 Å². The molecule has 1 unspecified atom stereocenters. The maximum atomic E-state index is 5.82. The summed E-state index contributed by atoms with van der Waals surface area (Å²) in [4.78, 5) is 2.65. The molecule has 1 aliphatic carbocycles. The highest BCUT2D eigenvalue weighted by Crippen LogP contribution is 2.38. The van der Waals surface area contributed by atoms with Crippen molar-refractivity contribution in [2.75, 3.05) is 39.3 Å². The molecular formula is C17H34N2O. The maximum absolute atomic E-state index is 5.82. The number of nitrogens with zero attached hydrogens (tertiary/aromatic N) is 1. The van der Waals surface area contributed by atoms with Crippen LogP contribution in [0.2, 0.25) is 0 Å². The summed E-state index contributed by atoms with van der Waals surface area (Å²) in [6.45, 7) is 11.5. The summed E-state index contributed by atoms with van der Waals surface area (Å²) >= 11 is 0. The van der Waals surface area contributed by atoms with Gasteiger partial charge in [0.1, 0.15) is 0 Å². The molecule has 0 bridgehead atoms. The summed E-state index contributed by atoms with van der Waals surface area (Å²) in [5, 5.41) is 3.68. The molecule has 1 saturated carbocycles. The molecule has 0 aromatic heterocycles. The second-order valence-electron chi connectivity index (χ2n) is 6.85. The Morgan fingerprint density at radius 1 is 1.20 bits per heavy atom. The van der Waals surface area contributed by atoms with Gasteiger partial charge >= 0.3 is 0 Å². The standard InChI is InChI=1S/C17H34N2O/c1-3-11-18-14-17(9-5-6-10-17)15-19(4-2)13-16-8-7-12-20-16/h16,18H,3-15H2,1-2H3. The third-order valence-corrected chi connectivity index (χ3v) is 5.08. The Balaban J connectivity index is 1.84. The van der Waals surface area contributed by atoms with Crippen LogP contribution in [-0.4, -0.2) is 50.3 Å².